The van der Waals surface area contributed by atoms with Crippen LogP contribution < -0.4 is 0 Å². The standard InChI is InChI=1S/C18H23NO/c1-14(13-15-7-3-2-4-8-15)19-12-11-18(20)16-9-5-6-10-17(16)19/h2-4,7-8,14H,5-6,9-13H2,1H3/t14-/m1/s1. The molecular formula is C18H23NO. The fourth-order valence-electron chi connectivity index (χ4n) is 3.57. The van der Waals surface area contributed by atoms with Crippen molar-refractivity contribution in [1.82, 2.24) is 4.90 Å². The lowest BCUT2D eigenvalue weighted by molar-refractivity contribution is -0.117. The second kappa shape index (κ2) is 5.82. The smallest absolute Gasteiger partial charge is 0.162 e. The van der Waals surface area contributed by atoms with E-state index in [9.17, 15) is 4.79 Å². The molecule has 0 radical (unpaired) electrons. The van der Waals surface area contributed by atoms with E-state index in [2.05, 4.69) is 42.2 Å². The number of carbonyl (C=O) groups is 1. The van der Waals surface area contributed by atoms with Crippen LogP contribution in [0, 0.1) is 0 Å². The van der Waals surface area contributed by atoms with Crippen molar-refractivity contribution in [3.8, 4) is 0 Å². The maximum absolute atomic E-state index is 12.1. The van der Waals surface area contributed by atoms with Gasteiger partial charge < -0.3 is 4.90 Å². The highest BCUT2D eigenvalue weighted by Gasteiger charge is 2.30. The van der Waals surface area contributed by atoms with Crippen molar-refractivity contribution in [2.45, 2.75) is 51.5 Å². The summed E-state index contributed by atoms with van der Waals surface area (Å²) in [4.78, 5) is 14.6. The molecule has 0 bridgehead atoms. The molecule has 1 aromatic carbocycles. The summed E-state index contributed by atoms with van der Waals surface area (Å²) >= 11 is 0. The van der Waals surface area contributed by atoms with Crippen LogP contribution in [-0.2, 0) is 11.2 Å². The first kappa shape index (κ1) is 13.4. The van der Waals surface area contributed by atoms with E-state index in [1.807, 2.05) is 0 Å². The average Bonchev–Trinajstić information content (AvgIpc) is 2.49. The van der Waals surface area contributed by atoms with Gasteiger partial charge in [-0.15, -0.1) is 0 Å². The molecule has 20 heavy (non-hydrogen) atoms. The third-order valence-electron chi connectivity index (χ3n) is 4.61. The second-order valence-corrected chi connectivity index (χ2v) is 6.04. The minimum absolute atomic E-state index is 0.405. The quantitative estimate of drug-likeness (QED) is 0.833. The molecule has 1 atom stereocenters. The van der Waals surface area contributed by atoms with Crippen molar-refractivity contribution in [1.29, 1.82) is 0 Å². The van der Waals surface area contributed by atoms with E-state index < -0.39 is 0 Å². The van der Waals surface area contributed by atoms with E-state index >= 15 is 0 Å². The van der Waals surface area contributed by atoms with Crippen LogP contribution in [0.4, 0.5) is 0 Å². The fraction of sp³-hybridized carbons (Fsp3) is 0.500. The van der Waals surface area contributed by atoms with Crippen LogP contribution in [0.1, 0.15) is 44.6 Å². The molecule has 0 unspecified atom stereocenters. The Morgan fingerprint density at radius 3 is 2.65 bits per heavy atom. The molecule has 1 aliphatic heterocycles. The van der Waals surface area contributed by atoms with Crippen molar-refractivity contribution < 1.29 is 4.79 Å². The Morgan fingerprint density at radius 1 is 1.10 bits per heavy atom. The topological polar surface area (TPSA) is 20.3 Å². The van der Waals surface area contributed by atoms with Gasteiger partial charge in [0.2, 0.25) is 0 Å². The largest absolute Gasteiger partial charge is 0.371 e. The molecule has 1 aliphatic carbocycles. The summed E-state index contributed by atoms with van der Waals surface area (Å²) in [6.45, 7) is 3.20. The lowest BCUT2D eigenvalue weighted by Gasteiger charge is -2.39. The van der Waals surface area contributed by atoms with Gasteiger partial charge in [-0.25, -0.2) is 0 Å². The summed E-state index contributed by atoms with van der Waals surface area (Å²) in [6, 6.07) is 11.1. The predicted octanol–water partition coefficient (Wildman–Crippen LogP) is 3.72. The molecule has 1 heterocycles. The van der Waals surface area contributed by atoms with Crippen LogP contribution in [0.2, 0.25) is 0 Å². The third kappa shape index (κ3) is 2.65. The molecule has 3 rings (SSSR count). The number of hydrogen-bond acceptors (Lipinski definition) is 2. The Morgan fingerprint density at radius 2 is 1.85 bits per heavy atom. The van der Waals surface area contributed by atoms with E-state index in [1.165, 1.54) is 24.1 Å². The Hall–Kier alpha value is -1.57. The van der Waals surface area contributed by atoms with Crippen LogP contribution in [-0.4, -0.2) is 23.3 Å². The van der Waals surface area contributed by atoms with Gasteiger partial charge in [0, 0.05) is 30.3 Å². The number of Topliss-reactive ketones (excluding diaryl/α,β-unsaturated/α-hetero) is 1. The number of carbonyl (C=O) groups excluding carboxylic acids is 1. The molecule has 1 aromatic rings. The van der Waals surface area contributed by atoms with Crippen molar-refractivity contribution in [3.63, 3.8) is 0 Å². The molecule has 0 N–H and O–H groups in total. The minimum Gasteiger partial charge on any atom is -0.371 e. The SMILES string of the molecule is C[C@H](Cc1ccccc1)N1CCC(=O)C2=C1CCCC2. The molecule has 106 valence electrons. The molecule has 2 aliphatic rings. The molecular weight excluding hydrogens is 246 g/mol. The highest BCUT2D eigenvalue weighted by Crippen LogP contribution is 2.33. The zero-order valence-corrected chi connectivity index (χ0v) is 12.3. The summed E-state index contributed by atoms with van der Waals surface area (Å²) in [5.41, 5.74) is 3.88. The summed E-state index contributed by atoms with van der Waals surface area (Å²) in [6.07, 6.45) is 6.29. The maximum Gasteiger partial charge on any atom is 0.162 e. The van der Waals surface area contributed by atoms with Gasteiger partial charge in [0.1, 0.15) is 0 Å². The Balaban J connectivity index is 1.79. The second-order valence-electron chi connectivity index (χ2n) is 6.04. The van der Waals surface area contributed by atoms with E-state index in [4.69, 9.17) is 0 Å². The van der Waals surface area contributed by atoms with Gasteiger partial charge in [0.05, 0.1) is 0 Å². The van der Waals surface area contributed by atoms with Gasteiger partial charge in [-0.2, -0.15) is 0 Å². The van der Waals surface area contributed by atoms with Crippen molar-refractivity contribution in [2.24, 2.45) is 0 Å². The zero-order valence-electron chi connectivity index (χ0n) is 12.3. The van der Waals surface area contributed by atoms with Gasteiger partial charge in [-0.3, -0.25) is 4.79 Å². The fourth-order valence-corrected chi connectivity index (χ4v) is 3.57. The van der Waals surface area contributed by atoms with Gasteiger partial charge in [0.25, 0.3) is 0 Å². The number of nitrogens with zero attached hydrogens (tertiary/aromatic N) is 1. The van der Waals surface area contributed by atoms with Crippen LogP contribution in [0.15, 0.2) is 41.6 Å². The number of allylic oxidation sites excluding steroid dienone is 2. The Bertz CT molecular complexity index is 517. The summed E-state index contributed by atoms with van der Waals surface area (Å²) in [5.74, 6) is 0.405. The number of hydrogen-bond donors (Lipinski definition) is 0. The predicted molar refractivity (Wildman–Crippen MR) is 81.4 cm³/mol. The van der Waals surface area contributed by atoms with E-state index in [0.29, 0.717) is 18.2 Å². The Kier molecular flexibility index (Phi) is 3.90. The molecule has 0 spiro atoms. The van der Waals surface area contributed by atoms with E-state index in [-0.39, 0.29) is 0 Å². The minimum atomic E-state index is 0.405. The molecule has 2 nitrogen and oxygen atoms in total. The van der Waals surface area contributed by atoms with Crippen molar-refractivity contribution >= 4 is 5.78 Å². The van der Waals surface area contributed by atoms with E-state index in [0.717, 1.165) is 31.4 Å². The van der Waals surface area contributed by atoms with Crippen LogP contribution in [0.3, 0.4) is 0 Å². The third-order valence-corrected chi connectivity index (χ3v) is 4.61. The summed E-state index contributed by atoms with van der Waals surface area (Å²) in [7, 11) is 0. The molecule has 0 saturated heterocycles. The highest BCUT2D eigenvalue weighted by atomic mass is 16.1. The van der Waals surface area contributed by atoms with Gasteiger partial charge in [-0.1, -0.05) is 30.3 Å². The van der Waals surface area contributed by atoms with Crippen molar-refractivity contribution in [2.75, 3.05) is 6.54 Å². The van der Waals surface area contributed by atoms with E-state index in [1.54, 1.807) is 0 Å². The zero-order chi connectivity index (χ0) is 13.9. The maximum atomic E-state index is 12.1. The van der Waals surface area contributed by atoms with Crippen LogP contribution in [0.25, 0.3) is 0 Å². The molecule has 0 fully saturated rings. The van der Waals surface area contributed by atoms with Crippen LogP contribution in [0.5, 0.6) is 0 Å². The van der Waals surface area contributed by atoms with Gasteiger partial charge in [0.15, 0.2) is 5.78 Å². The average molecular weight is 269 g/mol. The Labute approximate surface area is 121 Å². The normalized spacial score (nSPS) is 20.9. The van der Waals surface area contributed by atoms with Gasteiger partial charge >= 0.3 is 0 Å². The lowest BCUT2D eigenvalue weighted by atomic mass is 9.87. The number of benzene rings is 1. The first-order chi connectivity index (χ1) is 9.75. The number of ketones is 1. The lowest BCUT2D eigenvalue weighted by Crippen LogP contribution is -2.41. The summed E-state index contributed by atoms with van der Waals surface area (Å²) in [5, 5.41) is 0. The first-order valence-corrected chi connectivity index (χ1v) is 7.81. The molecule has 0 saturated carbocycles. The highest BCUT2D eigenvalue weighted by molar-refractivity contribution is 5.97. The first-order valence-electron chi connectivity index (χ1n) is 7.81. The number of rotatable bonds is 3. The molecule has 0 aromatic heterocycles. The molecule has 2 heteroatoms. The van der Waals surface area contributed by atoms with Gasteiger partial charge in [-0.05, 0) is 44.6 Å². The van der Waals surface area contributed by atoms with Crippen molar-refractivity contribution in [3.05, 3.63) is 47.2 Å². The monoisotopic (exact) mass is 269 g/mol. The van der Waals surface area contributed by atoms with Crippen LogP contribution >= 0.6 is 0 Å². The molecule has 0 amide bonds. The summed E-state index contributed by atoms with van der Waals surface area (Å²) < 4.78 is 0.